The molecule has 94 valence electrons. The third-order valence-electron chi connectivity index (χ3n) is 2.57. The van der Waals surface area contributed by atoms with Gasteiger partial charge in [-0.1, -0.05) is 5.16 Å². The van der Waals surface area contributed by atoms with Gasteiger partial charge in [0.25, 0.3) is 0 Å². The Hall–Kier alpha value is -2.05. The Morgan fingerprint density at radius 1 is 1.59 bits per heavy atom. The standard InChI is InChI=1S/C10H15N3O4/c1-10(2,8(14)15)13(3)9(16)11-6-7-4-5-12-17-7/h4-5H,6H2,1-3H3,(H,11,16)(H,14,15). The van der Waals surface area contributed by atoms with Gasteiger partial charge in [-0.15, -0.1) is 0 Å². The summed E-state index contributed by atoms with van der Waals surface area (Å²) in [4.78, 5) is 23.7. The molecule has 0 atom stereocenters. The molecule has 0 saturated carbocycles. The highest BCUT2D eigenvalue weighted by molar-refractivity contribution is 5.85. The third kappa shape index (κ3) is 2.96. The minimum Gasteiger partial charge on any atom is -0.480 e. The van der Waals surface area contributed by atoms with Crippen LogP contribution < -0.4 is 5.32 Å². The van der Waals surface area contributed by atoms with Crippen molar-refractivity contribution < 1.29 is 19.2 Å². The molecular formula is C10H15N3O4. The minimum atomic E-state index is -1.27. The molecule has 0 aliphatic heterocycles. The predicted octanol–water partition coefficient (Wildman–Crippen LogP) is 0.679. The first kappa shape index (κ1) is 13.0. The molecule has 1 aromatic rings. The lowest BCUT2D eigenvalue weighted by Crippen LogP contribution is -2.53. The van der Waals surface area contributed by atoms with Gasteiger partial charge in [-0.25, -0.2) is 9.59 Å². The maximum Gasteiger partial charge on any atom is 0.329 e. The normalized spacial score (nSPS) is 11.0. The fourth-order valence-electron chi connectivity index (χ4n) is 1.01. The number of carbonyl (C=O) groups is 2. The molecule has 0 spiro atoms. The van der Waals surface area contributed by atoms with Gasteiger partial charge in [-0.3, -0.25) is 0 Å². The molecule has 0 saturated heterocycles. The first-order valence-corrected chi connectivity index (χ1v) is 5.00. The van der Waals surface area contributed by atoms with E-state index in [2.05, 4.69) is 10.5 Å². The third-order valence-corrected chi connectivity index (χ3v) is 2.57. The van der Waals surface area contributed by atoms with Crippen LogP contribution in [0.25, 0.3) is 0 Å². The van der Waals surface area contributed by atoms with E-state index < -0.39 is 17.5 Å². The number of carboxylic acid groups (broad SMARTS) is 1. The number of carboxylic acids is 1. The van der Waals surface area contributed by atoms with Crippen molar-refractivity contribution in [1.29, 1.82) is 0 Å². The maximum atomic E-state index is 11.7. The number of hydrogen-bond acceptors (Lipinski definition) is 4. The molecule has 7 heteroatoms. The van der Waals surface area contributed by atoms with Gasteiger partial charge in [-0.05, 0) is 13.8 Å². The van der Waals surface area contributed by atoms with E-state index in [4.69, 9.17) is 9.63 Å². The van der Waals surface area contributed by atoms with E-state index in [1.54, 1.807) is 6.07 Å². The highest BCUT2D eigenvalue weighted by Gasteiger charge is 2.35. The second-order valence-electron chi connectivity index (χ2n) is 4.06. The molecule has 0 aromatic carbocycles. The van der Waals surface area contributed by atoms with E-state index in [0.29, 0.717) is 5.76 Å². The number of nitrogens with zero attached hydrogens (tertiary/aromatic N) is 2. The molecule has 0 unspecified atom stereocenters. The van der Waals surface area contributed by atoms with Crippen molar-refractivity contribution in [1.82, 2.24) is 15.4 Å². The summed E-state index contributed by atoms with van der Waals surface area (Å²) in [5.74, 6) is -0.574. The maximum absolute atomic E-state index is 11.7. The molecule has 1 heterocycles. The number of aliphatic carboxylic acids is 1. The Labute approximate surface area is 98.4 Å². The zero-order chi connectivity index (χ0) is 13.1. The van der Waals surface area contributed by atoms with Crippen molar-refractivity contribution in [3.8, 4) is 0 Å². The summed E-state index contributed by atoms with van der Waals surface area (Å²) in [5, 5.41) is 15.0. The van der Waals surface area contributed by atoms with E-state index in [0.717, 1.165) is 4.90 Å². The van der Waals surface area contributed by atoms with Crippen LogP contribution in [0.4, 0.5) is 4.79 Å². The molecule has 0 aliphatic rings. The fraction of sp³-hybridized carbons (Fsp3) is 0.500. The number of rotatable bonds is 4. The first-order chi connectivity index (χ1) is 7.85. The van der Waals surface area contributed by atoms with Crippen molar-refractivity contribution in [2.75, 3.05) is 7.05 Å². The SMILES string of the molecule is CN(C(=O)NCc1ccno1)C(C)(C)C(=O)O. The zero-order valence-electron chi connectivity index (χ0n) is 9.93. The van der Waals surface area contributed by atoms with Gasteiger partial charge >= 0.3 is 12.0 Å². The van der Waals surface area contributed by atoms with Crippen molar-refractivity contribution in [2.45, 2.75) is 25.9 Å². The van der Waals surface area contributed by atoms with E-state index in [1.165, 1.54) is 27.1 Å². The van der Waals surface area contributed by atoms with E-state index in [1.807, 2.05) is 0 Å². The predicted molar refractivity (Wildman–Crippen MR) is 58.2 cm³/mol. The molecule has 1 rings (SSSR count). The smallest absolute Gasteiger partial charge is 0.329 e. The van der Waals surface area contributed by atoms with Crippen molar-refractivity contribution >= 4 is 12.0 Å². The Bertz CT molecular complexity index is 400. The lowest BCUT2D eigenvalue weighted by Gasteiger charge is -2.31. The summed E-state index contributed by atoms with van der Waals surface area (Å²) in [6.45, 7) is 3.06. The Morgan fingerprint density at radius 3 is 2.71 bits per heavy atom. The van der Waals surface area contributed by atoms with Gasteiger partial charge in [0.2, 0.25) is 0 Å². The molecule has 0 fully saturated rings. The molecule has 2 N–H and O–H groups in total. The fourth-order valence-corrected chi connectivity index (χ4v) is 1.01. The lowest BCUT2D eigenvalue weighted by molar-refractivity contribution is -0.146. The van der Waals surface area contributed by atoms with Gasteiger partial charge in [-0.2, -0.15) is 0 Å². The number of carbonyl (C=O) groups excluding carboxylic acids is 1. The molecule has 0 radical (unpaired) electrons. The van der Waals surface area contributed by atoms with Crippen LogP contribution in [0.15, 0.2) is 16.8 Å². The highest BCUT2D eigenvalue weighted by atomic mass is 16.5. The van der Waals surface area contributed by atoms with Gasteiger partial charge in [0.1, 0.15) is 5.54 Å². The van der Waals surface area contributed by atoms with Crippen LogP contribution in [0.5, 0.6) is 0 Å². The van der Waals surface area contributed by atoms with Crippen molar-refractivity contribution in [2.24, 2.45) is 0 Å². The number of amides is 2. The first-order valence-electron chi connectivity index (χ1n) is 5.00. The Morgan fingerprint density at radius 2 is 2.24 bits per heavy atom. The van der Waals surface area contributed by atoms with Crippen LogP contribution in [-0.2, 0) is 11.3 Å². The number of likely N-dealkylation sites (N-methyl/N-ethyl adjacent to an activating group) is 1. The van der Waals surface area contributed by atoms with Crippen LogP contribution in [-0.4, -0.2) is 39.8 Å². The van der Waals surface area contributed by atoms with Crippen LogP contribution >= 0.6 is 0 Å². The quantitative estimate of drug-likeness (QED) is 0.808. The molecule has 0 aliphatic carbocycles. The Kier molecular flexibility index (Phi) is 3.72. The molecule has 0 bridgehead atoms. The molecule has 1 aromatic heterocycles. The largest absolute Gasteiger partial charge is 0.480 e. The molecule has 17 heavy (non-hydrogen) atoms. The van der Waals surface area contributed by atoms with E-state index >= 15 is 0 Å². The van der Waals surface area contributed by atoms with Crippen molar-refractivity contribution in [3.63, 3.8) is 0 Å². The van der Waals surface area contributed by atoms with Crippen molar-refractivity contribution in [3.05, 3.63) is 18.0 Å². The summed E-state index contributed by atoms with van der Waals surface area (Å²) in [6.07, 6.45) is 1.46. The monoisotopic (exact) mass is 241 g/mol. The van der Waals surface area contributed by atoms with Gasteiger partial charge in [0.05, 0.1) is 12.7 Å². The minimum absolute atomic E-state index is 0.166. The second-order valence-corrected chi connectivity index (χ2v) is 4.06. The number of nitrogens with one attached hydrogen (secondary N) is 1. The lowest BCUT2D eigenvalue weighted by atomic mass is 10.1. The number of aromatic nitrogens is 1. The van der Waals surface area contributed by atoms with Crippen LogP contribution in [0.1, 0.15) is 19.6 Å². The average molecular weight is 241 g/mol. The molecule has 2 amide bonds. The number of hydrogen-bond donors (Lipinski definition) is 2. The molecular weight excluding hydrogens is 226 g/mol. The van der Waals surface area contributed by atoms with Crippen LogP contribution in [0.3, 0.4) is 0 Å². The van der Waals surface area contributed by atoms with Gasteiger partial charge in [0, 0.05) is 13.1 Å². The zero-order valence-corrected chi connectivity index (χ0v) is 9.93. The van der Waals surface area contributed by atoms with E-state index in [-0.39, 0.29) is 6.54 Å². The van der Waals surface area contributed by atoms with Gasteiger partial charge in [0.15, 0.2) is 5.76 Å². The van der Waals surface area contributed by atoms with Crippen LogP contribution in [0.2, 0.25) is 0 Å². The topological polar surface area (TPSA) is 95.7 Å². The second kappa shape index (κ2) is 4.86. The van der Waals surface area contributed by atoms with E-state index in [9.17, 15) is 9.59 Å². The number of urea groups is 1. The highest BCUT2D eigenvalue weighted by Crippen LogP contribution is 2.12. The van der Waals surface area contributed by atoms with Gasteiger partial charge < -0.3 is 19.8 Å². The summed E-state index contributed by atoms with van der Waals surface area (Å²) >= 11 is 0. The summed E-state index contributed by atoms with van der Waals surface area (Å²) < 4.78 is 4.80. The van der Waals surface area contributed by atoms with Crippen LogP contribution in [0, 0.1) is 0 Å². The summed E-state index contributed by atoms with van der Waals surface area (Å²) in [6, 6.07) is 1.12. The molecule has 7 nitrogen and oxygen atoms in total. The Balaban J connectivity index is 2.56. The summed E-state index contributed by atoms with van der Waals surface area (Å²) in [5.41, 5.74) is -1.27. The summed E-state index contributed by atoms with van der Waals surface area (Å²) in [7, 11) is 1.42. The average Bonchev–Trinajstić information content (AvgIpc) is 2.77.